The van der Waals surface area contributed by atoms with Gasteiger partial charge in [-0.3, -0.25) is 0 Å². The van der Waals surface area contributed by atoms with E-state index in [0.29, 0.717) is 0 Å². The third-order valence-electron chi connectivity index (χ3n) is 6.81. The van der Waals surface area contributed by atoms with Crippen LogP contribution in [0.5, 0.6) is 0 Å². The lowest BCUT2D eigenvalue weighted by molar-refractivity contribution is 0.275. The average molecular weight is 533 g/mol. The number of benzene rings is 2. The number of fused-ring (bicyclic) bond motifs is 2. The molecule has 0 aliphatic carbocycles. The summed E-state index contributed by atoms with van der Waals surface area (Å²) in [4.78, 5) is 21.6. The van der Waals surface area contributed by atoms with Crippen LogP contribution in [0.15, 0.2) is 24.3 Å². The van der Waals surface area contributed by atoms with Crippen molar-refractivity contribution in [3.8, 4) is 0 Å². The third-order valence-corrected chi connectivity index (χ3v) is 9.26. The molecule has 5 nitrogen and oxygen atoms in total. The smallest absolute Gasteiger partial charge is 0.509 e. The van der Waals surface area contributed by atoms with Crippen molar-refractivity contribution >= 4 is 31.2 Å². The van der Waals surface area contributed by atoms with Crippen LogP contribution in [0.4, 0.5) is 0 Å². The van der Waals surface area contributed by atoms with Crippen LogP contribution in [0.3, 0.4) is 0 Å². The Balaban J connectivity index is 0.000000830. The van der Waals surface area contributed by atoms with Gasteiger partial charge in [-0.15, -0.1) is 0 Å². The van der Waals surface area contributed by atoms with Gasteiger partial charge in [-0.25, -0.2) is 4.57 Å². The highest BCUT2D eigenvalue weighted by Crippen LogP contribution is 2.35. The van der Waals surface area contributed by atoms with Crippen LogP contribution in [-0.4, -0.2) is 33.3 Å². The maximum Gasteiger partial charge on any atom is 0.542 e. The minimum atomic E-state index is -4.64. The number of hydrogen-bond acceptors (Lipinski definition) is 2. The van der Waals surface area contributed by atoms with Crippen molar-refractivity contribution in [1.29, 1.82) is 0 Å². The van der Waals surface area contributed by atoms with Gasteiger partial charge in [0, 0.05) is 0 Å². The second kappa shape index (κ2) is 9.97. The molecule has 1 aliphatic rings. The van der Waals surface area contributed by atoms with Crippen molar-refractivity contribution in [3.05, 3.63) is 57.6 Å². The van der Waals surface area contributed by atoms with Gasteiger partial charge in [0.05, 0.1) is 0 Å². The van der Waals surface area contributed by atoms with E-state index in [2.05, 4.69) is 107 Å². The number of phosphoric acid groups is 1. The van der Waals surface area contributed by atoms with Crippen molar-refractivity contribution in [3.63, 3.8) is 0 Å². The molecule has 0 unspecified atom stereocenters. The molecule has 0 saturated heterocycles. The summed E-state index contributed by atoms with van der Waals surface area (Å²) in [6.07, 6.45) is 0.925. The molecule has 0 atom stereocenters. The predicted molar refractivity (Wildman–Crippen MR) is 152 cm³/mol. The summed E-state index contributed by atoms with van der Waals surface area (Å²) in [6, 6.07) is 9.56. The molecule has 0 amide bonds. The maximum absolute atomic E-state index is 12.0. The summed E-state index contributed by atoms with van der Waals surface area (Å²) in [6.45, 7) is 27.5. The topological polar surface area (TPSA) is 98.0 Å². The SMILES string of the molecule is CC(C)(C)c1cc2[c](c(C(C)(C)C)c1)[Al]([OH])[c]1c(cc(C(C)(C)C)cc1C(C)(C)C)C2.O=P(O)(O)O. The van der Waals surface area contributed by atoms with Crippen molar-refractivity contribution < 1.29 is 23.4 Å². The van der Waals surface area contributed by atoms with Gasteiger partial charge in [0.15, 0.2) is 0 Å². The Morgan fingerprint density at radius 2 is 0.889 bits per heavy atom. The fourth-order valence-electron chi connectivity index (χ4n) is 4.82. The minimum absolute atomic E-state index is 0.00404. The molecule has 0 saturated carbocycles. The van der Waals surface area contributed by atoms with Crippen molar-refractivity contribution in [2.45, 2.75) is 111 Å². The van der Waals surface area contributed by atoms with Gasteiger partial charge in [0.1, 0.15) is 0 Å². The predicted octanol–water partition coefficient (Wildman–Crippen LogP) is 4.95. The molecule has 36 heavy (non-hydrogen) atoms. The average Bonchev–Trinajstić information content (AvgIpc) is 2.62. The van der Waals surface area contributed by atoms with Gasteiger partial charge in [-0.2, -0.15) is 0 Å². The molecule has 0 aromatic heterocycles. The molecule has 200 valence electrons. The highest BCUT2D eigenvalue weighted by Gasteiger charge is 2.41. The first-order chi connectivity index (χ1) is 15.8. The normalized spacial score (nSPS) is 14.6. The summed E-state index contributed by atoms with van der Waals surface area (Å²) >= 11 is -2.32. The molecule has 1 heterocycles. The molecule has 3 rings (SSSR count). The summed E-state index contributed by atoms with van der Waals surface area (Å²) < 4.78 is 23.5. The fraction of sp³-hybridized carbons (Fsp3) is 0.586. The molecule has 7 heteroatoms. The van der Waals surface area contributed by atoms with E-state index in [1.54, 1.807) is 0 Å². The van der Waals surface area contributed by atoms with Gasteiger partial charge in [0.25, 0.3) is 0 Å². The van der Waals surface area contributed by atoms with Crippen LogP contribution in [0.25, 0.3) is 0 Å². The Morgan fingerprint density at radius 1 is 0.611 bits per heavy atom. The lowest BCUT2D eigenvalue weighted by atomic mass is 9.77. The Bertz CT molecular complexity index is 1080. The Morgan fingerprint density at radius 3 is 1.11 bits per heavy atom. The summed E-state index contributed by atoms with van der Waals surface area (Å²) in [5.41, 5.74) is 8.35. The lowest BCUT2D eigenvalue weighted by Crippen LogP contribution is -2.55. The second-order valence-corrected chi connectivity index (χ2v) is 17.3. The van der Waals surface area contributed by atoms with Gasteiger partial charge in [-0.05, 0) is 39.2 Å². The zero-order chi connectivity index (χ0) is 28.2. The van der Waals surface area contributed by atoms with E-state index < -0.39 is 22.3 Å². The minimum Gasteiger partial charge on any atom is -0.509 e. The van der Waals surface area contributed by atoms with Crippen LogP contribution in [0.2, 0.25) is 0 Å². The molecule has 0 radical (unpaired) electrons. The van der Waals surface area contributed by atoms with Crippen LogP contribution >= 0.6 is 7.82 Å². The van der Waals surface area contributed by atoms with Crippen LogP contribution in [-0.2, 0) is 32.6 Å². The first kappa shape index (κ1) is 31.3. The van der Waals surface area contributed by atoms with Crippen LogP contribution in [0, 0.1) is 0 Å². The highest BCUT2D eigenvalue weighted by atomic mass is 31.2. The quantitative estimate of drug-likeness (QED) is 0.284. The zero-order valence-corrected chi connectivity index (χ0v) is 26.3. The fourth-order valence-corrected chi connectivity index (χ4v) is 7.81. The summed E-state index contributed by atoms with van der Waals surface area (Å²) in [5, 5.41) is 0. The Labute approximate surface area is 223 Å². The summed E-state index contributed by atoms with van der Waals surface area (Å²) in [5.74, 6) is 0. The zero-order valence-electron chi connectivity index (χ0n) is 24.2. The highest BCUT2D eigenvalue weighted by molar-refractivity contribution is 7.45. The molecule has 2 aromatic carbocycles. The van der Waals surface area contributed by atoms with Gasteiger partial charge < -0.3 is 18.8 Å². The van der Waals surface area contributed by atoms with Crippen molar-refractivity contribution in [2.75, 3.05) is 0 Å². The number of hydrogen-bond donors (Lipinski definition) is 4. The monoisotopic (exact) mass is 532 g/mol. The standard InChI is InChI=1S/C29H42.Al.H3O4P.H2O/c1-26(2,3)22-14-20(15-23(18-22)27(4,5)6)13-21-16-24(28(7,8)9)19-25(17-21)29(10,11)12;;1-5(2,3)4;/h14,16,18-19H,13H2,1-12H3;;(H3,1,2,3,4);1H2/q;+1;;/p-1. The van der Waals surface area contributed by atoms with Crippen molar-refractivity contribution in [1.82, 2.24) is 0 Å². The van der Waals surface area contributed by atoms with Gasteiger partial charge in [0.2, 0.25) is 0 Å². The molecule has 0 fully saturated rings. The van der Waals surface area contributed by atoms with Gasteiger partial charge >= 0.3 is 22.3 Å². The van der Waals surface area contributed by atoms with E-state index in [0.717, 1.165) is 6.42 Å². The largest absolute Gasteiger partial charge is 0.542 e. The molecule has 1 aliphatic heterocycles. The van der Waals surface area contributed by atoms with E-state index in [-0.39, 0.29) is 21.7 Å². The Hall–Kier alpha value is -0.958. The molecule has 2 aromatic rings. The van der Waals surface area contributed by atoms with E-state index in [1.165, 1.54) is 42.2 Å². The van der Waals surface area contributed by atoms with Gasteiger partial charge in [-0.1, -0.05) is 138 Å². The molecular weight excluding hydrogens is 486 g/mol. The van der Waals surface area contributed by atoms with E-state index >= 15 is 0 Å². The second-order valence-electron chi connectivity index (χ2n) is 14.3. The van der Waals surface area contributed by atoms with E-state index in [4.69, 9.17) is 19.2 Å². The molecule has 0 spiro atoms. The molecule has 4 N–H and O–H groups in total. The van der Waals surface area contributed by atoms with E-state index in [1.807, 2.05) is 0 Å². The third kappa shape index (κ3) is 7.55. The number of rotatable bonds is 0. The maximum atomic E-state index is 12.0. The van der Waals surface area contributed by atoms with Crippen LogP contribution in [0.1, 0.15) is 116 Å². The molecule has 0 bridgehead atoms. The lowest BCUT2D eigenvalue weighted by Gasteiger charge is -2.36. The first-order valence-corrected chi connectivity index (χ1v) is 15.9. The molecular formula is C29H46AlO5P. The van der Waals surface area contributed by atoms with Crippen LogP contribution < -0.4 is 8.85 Å². The van der Waals surface area contributed by atoms with E-state index in [9.17, 15) is 4.16 Å². The van der Waals surface area contributed by atoms with Crippen molar-refractivity contribution in [2.24, 2.45) is 0 Å². The Kier molecular flexibility index (Phi) is 8.66. The summed E-state index contributed by atoms with van der Waals surface area (Å²) in [7, 11) is -4.64. The first-order valence-electron chi connectivity index (χ1n) is 12.6.